The SMILES string of the molecule is COCC(NC1CC(O)C1(C)C)c1ccccc1. The van der Waals surface area contributed by atoms with Crippen LogP contribution in [0.1, 0.15) is 31.9 Å². The minimum Gasteiger partial charge on any atom is -0.392 e. The predicted octanol–water partition coefficient (Wildman–Crippen LogP) is 2.12. The molecule has 0 aliphatic heterocycles. The second kappa shape index (κ2) is 5.39. The Hall–Kier alpha value is -0.900. The highest BCUT2D eigenvalue weighted by molar-refractivity contribution is 5.20. The Labute approximate surface area is 109 Å². The van der Waals surface area contributed by atoms with Gasteiger partial charge in [0.05, 0.1) is 18.8 Å². The smallest absolute Gasteiger partial charge is 0.0657 e. The lowest BCUT2D eigenvalue weighted by Crippen LogP contribution is -2.60. The van der Waals surface area contributed by atoms with Crippen LogP contribution in [0.15, 0.2) is 30.3 Å². The van der Waals surface area contributed by atoms with Crippen LogP contribution in [0.2, 0.25) is 0 Å². The van der Waals surface area contributed by atoms with Crippen LogP contribution in [0.4, 0.5) is 0 Å². The standard InChI is InChI=1S/C15H23NO2/c1-15(2)13(9-14(15)17)16-12(10-18-3)11-7-5-4-6-8-11/h4-8,12-14,16-17H,9-10H2,1-3H3. The van der Waals surface area contributed by atoms with E-state index in [-0.39, 0.29) is 17.6 Å². The third kappa shape index (κ3) is 2.58. The molecule has 3 atom stereocenters. The van der Waals surface area contributed by atoms with Crippen LogP contribution in [-0.4, -0.2) is 31.0 Å². The third-order valence-electron chi connectivity index (χ3n) is 4.15. The number of rotatable bonds is 5. The summed E-state index contributed by atoms with van der Waals surface area (Å²) >= 11 is 0. The van der Waals surface area contributed by atoms with Crippen molar-refractivity contribution in [3.8, 4) is 0 Å². The van der Waals surface area contributed by atoms with Gasteiger partial charge in [-0.3, -0.25) is 0 Å². The van der Waals surface area contributed by atoms with Crippen molar-refractivity contribution in [1.82, 2.24) is 5.32 Å². The van der Waals surface area contributed by atoms with Crippen molar-refractivity contribution in [2.45, 2.75) is 38.5 Å². The zero-order chi connectivity index (χ0) is 13.2. The molecule has 3 nitrogen and oxygen atoms in total. The predicted molar refractivity (Wildman–Crippen MR) is 72.4 cm³/mol. The summed E-state index contributed by atoms with van der Waals surface area (Å²) in [7, 11) is 1.72. The molecule has 0 amide bonds. The van der Waals surface area contributed by atoms with E-state index >= 15 is 0 Å². The van der Waals surface area contributed by atoms with E-state index in [1.807, 2.05) is 18.2 Å². The molecule has 1 aliphatic rings. The van der Waals surface area contributed by atoms with Crippen molar-refractivity contribution in [2.24, 2.45) is 5.41 Å². The Kier molecular flexibility index (Phi) is 4.05. The second-order valence-electron chi connectivity index (χ2n) is 5.71. The van der Waals surface area contributed by atoms with Gasteiger partial charge in [0.15, 0.2) is 0 Å². The number of aliphatic hydroxyl groups excluding tert-OH is 1. The molecule has 0 aromatic heterocycles. The van der Waals surface area contributed by atoms with Crippen molar-refractivity contribution < 1.29 is 9.84 Å². The fraction of sp³-hybridized carbons (Fsp3) is 0.600. The summed E-state index contributed by atoms with van der Waals surface area (Å²) in [6, 6.07) is 10.9. The van der Waals surface area contributed by atoms with E-state index in [0.29, 0.717) is 12.6 Å². The van der Waals surface area contributed by atoms with Gasteiger partial charge < -0.3 is 15.2 Å². The van der Waals surface area contributed by atoms with E-state index in [0.717, 1.165) is 6.42 Å². The monoisotopic (exact) mass is 249 g/mol. The Morgan fingerprint density at radius 1 is 1.39 bits per heavy atom. The van der Waals surface area contributed by atoms with Gasteiger partial charge in [-0.05, 0) is 12.0 Å². The van der Waals surface area contributed by atoms with Crippen molar-refractivity contribution in [3.05, 3.63) is 35.9 Å². The van der Waals surface area contributed by atoms with E-state index in [1.54, 1.807) is 7.11 Å². The van der Waals surface area contributed by atoms with Crippen molar-refractivity contribution >= 4 is 0 Å². The maximum atomic E-state index is 9.79. The molecule has 0 bridgehead atoms. The normalized spacial score (nSPS) is 27.6. The number of hydrogen-bond acceptors (Lipinski definition) is 3. The van der Waals surface area contributed by atoms with Gasteiger partial charge in [0.25, 0.3) is 0 Å². The van der Waals surface area contributed by atoms with Gasteiger partial charge in [-0.15, -0.1) is 0 Å². The first-order valence-electron chi connectivity index (χ1n) is 6.53. The van der Waals surface area contributed by atoms with Gasteiger partial charge >= 0.3 is 0 Å². The first kappa shape index (κ1) is 13.5. The van der Waals surface area contributed by atoms with Gasteiger partial charge in [0.1, 0.15) is 0 Å². The molecule has 2 rings (SSSR count). The van der Waals surface area contributed by atoms with E-state index in [4.69, 9.17) is 4.74 Å². The molecule has 1 aliphatic carbocycles. The van der Waals surface area contributed by atoms with Crippen LogP contribution in [0.25, 0.3) is 0 Å². The van der Waals surface area contributed by atoms with E-state index in [9.17, 15) is 5.11 Å². The number of methoxy groups -OCH3 is 1. The minimum absolute atomic E-state index is 0.0548. The number of benzene rings is 1. The molecule has 1 saturated carbocycles. The summed E-state index contributed by atoms with van der Waals surface area (Å²) in [4.78, 5) is 0. The molecule has 100 valence electrons. The molecule has 1 aromatic rings. The molecule has 3 heteroatoms. The lowest BCUT2D eigenvalue weighted by Gasteiger charge is -2.51. The number of aliphatic hydroxyl groups is 1. The molecular weight excluding hydrogens is 226 g/mol. The van der Waals surface area contributed by atoms with Crippen LogP contribution < -0.4 is 5.32 Å². The summed E-state index contributed by atoms with van der Waals surface area (Å²) in [6.07, 6.45) is 0.619. The fourth-order valence-electron chi connectivity index (χ4n) is 2.52. The Bertz CT molecular complexity index is 377. The average Bonchev–Trinajstić information content (AvgIpc) is 2.38. The molecule has 0 heterocycles. The highest BCUT2D eigenvalue weighted by Crippen LogP contribution is 2.41. The summed E-state index contributed by atoms with van der Waals surface area (Å²) in [5.41, 5.74) is 1.18. The molecule has 18 heavy (non-hydrogen) atoms. The lowest BCUT2D eigenvalue weighted by molar-refractivity contribution is -0.0783. The lowest BCUT2D eigenvalue weighted by atomic mass is 9.64. The topological polar surface area (TPSA) is 41.5 Å². The van der Waals surface area contributed by atoms with Gasteiger partial charge in [-0.1, -0.05) is 44.2 Å². The highest BCUT2D eigenvalue weighted by Gasteiger charge is 2.47. The molecule has 0 spiro atoms. The Morgan fingerprint density at radius 2 is 2.06 bits per heavy atom. The Balaban J connectivity index is 2.04. The summed E-state index contributed by atoms with van der Waals surface area (Å²) in [5.74, 6) is 0. The van der Waals surface area contributed by atoms with E-state index in [1.165, 1.54) is 5.56 Å². The summed E-state index contributed by atoms with van der Waals surface area (Å²) in [6.45, 7) is 4.86. The molecule has 0 saturated heterocycles. The molecule has 0 radical (unpaired) electrons. The summed E-state index contributed by atoms with van der Waals surface area (Å²) < 4.78 is 5.30. The van der Waals surface area contributed by atoms with Crippen LogP contribution in [0, 0.1) is 5.41 Å². The fourth-order valence-corrected chi connectivity index (χ4v) is 2.52. The van der Waals surface area contributed by atoms with Gasteiger partial charge in [0.2, 0.25) is 0 Å². The number of hydrogen-bond donors (Lipinski definition) is 2. The molecule has 1 fully saturated rings. The first-order valence-corrected chi connectivity index (χ1v) is 6.53. The van der Waals surface area contributed by atoms with Crippen LogP contribution in [0.5, 0.6) is 0 Å². The second-order valence-corrected chi connectivity index (χ2v) is 5.71. The van der Waals surface area contributed by atoms with Crippen molar-refractivity contribution in [3.63, 3.8) is 0 Å². The van der Waals surface area contributed by atoms with Gasteiger partial charge in [-0.2, -0.15) is 0 Å². The van der Waals surface area contributed by atoms with Crippen LogP contribution in [-0.2, 0) is 4.74 Å². The van der Waals surface area contributed by atoms with E-state index < -0.39 is 0 Å². The number of ether oxygens (including phenoxy) is 1. The first-order chi connectivity index (χ1) is 8.55. The molecule has 2 N–H and O–H groups in total. The molecular formula is C15H23NO2. The maximum absolute atomic E-state index is 9.79. The highest BCUT2D eigenvalue weighted by atomic mass is 16.5. The van der Waals surface area contributed by atoms with Crippen LogP contribution >= 0.6 is 0 Å². The van der Waals surface area contributed by atoms with Gasteiger partial charge in [-0.25, -0.2) is 0 Å². The van der Waals surface area contributed by atoms with Gasteiger partial charge in [0, 0.05) is 18.6 Å². The zero-order valence-corrected chi connectivity index (χ0v) is 11.4. The third-order valence-corrected chi connectivity index (χ3v) is 4.15. The van der Waals surface area contributed by atoms with E-state index in [2.05, 4.69) is 31.3 Å². The molecule has 1 aromatic carbocycles. The van der Waals surface area contributed by atoms with Crippen molar-refractivity contribution in [1.29, 1.82) is 0 Å². The minimum atomic E-state index is -0.200. The molecule has 3 unspecified atom stereocenters. The summed E-state index contributed by atoms with van der Waals surface area (Å²) in [5, 5.41) is 13.4. The maximum Gasteiger partial charge on any atom is 0.0657 e. The number of nitrogens with one attached hydrogen (secondary N) is 1. The largest absolute Gasteiger partial charge is 0.392 e. The zero-order valence-electron chi connectivity index (χ0n) is 11.4. The quantitative estimate of drug-likeness (QED) is 0.840. The van der Waals surface area contributed by atoms with Crippen molar-refractivity contribution in [2.75, 3.05) is 13.7 Å². The Morgan fingerprint density at radius 3 is 2.56 bits per heavy atom. The van der Waals surface area contributed by atoms with Crippen LogP contribution in [0.3, 0.4) is 0 Å². The average molecular weight is 249 g/mol.